The van der Waals surface area contributed by atoms with E-state index in [9.17, 15) is 4.79 Å². The first-order valence-corrected chi connectivity index (χ1v) is 12.0. The molecule has 0 unspecified atom stereocenters. The molecule has 4 nitrogen and oxygen atoms in total. The van der Waals surface area contributed by atoms with E-state index < -0.39 is 0 Å². The Labute approximate surface area is 182 Å². The van der Waals surface area contributed by atoms with Gasteiger partial charge in [0.25, 0.3) is 5.91 Å². The van der Waals surface area contributed by atoms with Crippen molar-refractivity contribution >= 4 is 40.5 Å². The van der Waals surface area contributed by atoms with Crippen LogP contribution in [0.15, 0.2) is 28.1 Å². The zero-order valence-electron chi connectivity index (χ0n) is 17.0. The Morgan fingerprint density at radius 1 is 1.10 bits per heavy atom. The monoisotopic (exact) mass is 432 g/mol. The van der Waals surface area contributed by atoms with Crippen LogP contribution in [0.2, 0.25) is 5.02 Å². The van der Waals surface area contributed by atoms with E-state index in [4.69, 9.17) is 21.3 Å². The van der Waals surface area contributed by atoms with Crippen LogP contribution in [0.3, 0.4) is 0 Å². The second-order valence-electron chi connectivity index (χ2n) is 8.18. The molecule has 1 heterocycles. The lowest BCUT2D eigenvalue weighted by molar-refractivity contribution is -0.124. The lowest BCUT2D eigenvalue weighted by atomic mass is 9.94. The number of hydrogen-bond donors (Lipinski definition) is 0. The molecule has 29 heavy (non-hydrogen) atoms. The predicted octanol–water partition coefficient (Wildman–Crippen LogP) is 6.29. The molecule has 0 N–H and O–H groups in total. The van der Waals surface area contributed by atoms with Crippen LogP contribution in [0.5, 0.6) is 5.75 Å². The molecule has 3 fully saturated rings. The van der Waals surface area contributed by atoms with E-state index in [0.717, 1.165) is 41.3 Å². The predicted molar refractivity (Wildman–Crippen MR) is 122 cm³/mol. The number of amides is 1. The van der Waals surface area contributed by atoms with Gasteiger partial charge in [0.2, 0.25) is 0 Å². The van der Waals surface area contributed by atoms with E-state index in [2.05, 4.69) is 0 Å². The number of carbonyl (C=O) groups is 1. The first-order valence-electron chi connectivity index (χ1n) is 10.8. The second kappa shape index (κ2) is 9.57. The minimum atomic E-state index is 0.100. The number of nitrogens with zero attached hydrogens (tertiary/aromatic N) is 2. The van der Waals surface area contributed by atoms with Crippen molar-refractivity contribution in [2.24, 2.45) is 4.99 Å². The van der Waals surface area contributed by atoms with Crippen molar-refractivity contribution in [2.45, 2.75) is 76.3 Å². The van der Waals surface area contributed by atoms with Gasteiger partial charge in [0.1, 0.15) is 5.75 Å². The van der Waals surface area contributed by atoms with Gasteiger partial charge in [0.05, 0.1) is 23.1 Å². The van der Waals surface area contributed by atoms with Gasteiger partial charge in [-0.25, -0.2) is 0 Å². The molecule has 6 heteroatoms. The van der Waals surface area contributed by atoms with Crippen molar-refractivity contribution in [3.05, 3.63) is 33.7 Å². The topological polar surface area (TPSA) is 41.9 Å². The number of hydrogen-bond acceptors (Lipinski definition) is 4. The van der Waals surface area contributed by atoms with Gasteiger partial charge >= 0.3 is 0 Å². The fourth-order valence-electron chi connectivity index (χ4n) is 4.53. The van der Waals surface area contributed by atoms with Crippen LogP contribution >= 0.6 is 23.4 Å². The maximum Gasteiger partial charge on any atom is 0.266 e. The van der Waals surface area contributed by atoms with Gasteiger partial charge in [0, 0.05) is 6.04 Å². The van der Waals surface area contributed by atoms with Crippen molar-refractivity contribution in [3.63, 3.8) is 0 Å². The van der Waals surface area contributed by atoms with Crippen LogP contribution in [0.25, 0.3) is 6.08 Å². The highest BCUT2D eigenvalue weighted by Gasteiger charge is 2.39. The Hall–Kier alpha value is -1.46. The number of halogens is 1. The molecule has 2 aliphatic carbocycles. The smallest absolute Gasteiger partial charge is 0.266 e. The van der Waals surface area contributed by atoms with Crippen LogP contribution in [0.4, 0.5) is 0 Å². The van der Waals surface area contributed by atoms with Crippen molar-refractivity contribution in [3.8, 4) is 5.75 Å². The number of ether oxygens (including phenoxy) is 1. The summed E-state index contributed by atoms with van der Waals surface area (Å²) >= 11 is 7.82. The highest BCUT2D eigenvalue weighted by atomic mass is 35.5. The van der Waals surface area contributed by atoms with Crippen LogP contribution < -0.4 is 4.74 Å². The van der Waals surface area contributed by atoms with E-state index in [1.54, 1.807) is 7.11 Å². The lowest BCUT2D eigenvalue weighted by Crippen LogP contribution is -2.41. The summed E-state index contributed by atoms with van der Waals surface area (Å²) in [5, 5.41) is 1.47. The Bertz CT molecular complexity index is 811. The van der Waals surface area contributed by atoms with Gasteiger partial charge in [-0.3, -0.25) is 14.7 Å². The quantitative estimate of drug-likeness (QED) is 0.525. The molecule has 0 radical (unpaired) electrons. The summed E-state index contributed by atoms with van der Waals surface area (Å²) in [7, 11) is 1.60. The number of benzene rings is 1. The maximum absolute atomic E-state index is 13.4. The molecule has 1 saturated heterocycles. The molecule has 4 rings (SSSR count). The fourth-order valence-corrected chi connectivity index (χ4v) is 5.90. The minimum absolute atomic E-state index is 0.100. The van der Waals surface area contributed by atoms with Gasteiger partial charge in [-0.05, 0) is 61.2 Å². The summed E-state index contributed by atoms with van der Waals surface area (Å²) < 4.78 is 5.24. The third-order valence-electron chi connectivity index (χ3n) is 6.12. The van der Waals surface area contributed by atoms with Gasteiger partial charge in [0.15, 0.2) is 5.17 Å². The van der Waals surface area contributed by atoms with Crippen molar-refractivity contribution in [1.82, 2.24) is 4.90 Å². The van der Waals surface area contributed by atoms with Crippen LogP contribution in [-0.2, 0) is 4.79 Å². The number of methoxy groups -OCH3 is 1. The number of carbonyl (C=O) groups excluding carboxylic acids is 1. The third kappa shape index (κ3) is 4.83. The molecule has 1 aromatic carbocycles. The standard InChI is InChI=1S/C23H29ClN2O2S/c1-28-20-13-12-16(14-19(20)24)15-21-22(27)26(18-10-6-3-7-11-18)23(29-21)25-17-8-4-2-5-9-17/h12-15,17-18H,2-11H2,1H3. The molecule has 3 aliphatic rings. The molecule has 0 aromatic heterocycles. The zero-order chi connectivity index (χ0) is 20.2. The molecule has 1 aliphatic heterocycles. The van der Waals surface area contributed by atoms with Gasteiger partial charge < -0.3 is 4.74 Å². The largest absolute Gasteiger partial charge is 0.495 e. The van der Waals surface area contributed by atoms with Gasteiger partial charge in [-0.15, -0.1) is 0 Å². The Balaban J connectivity index is 1.62. The number of aliphatic imine (C=N–C) groups is 1. The number of thioether (sulfide) groups is 1. The minimum Gasteiger partial charge on any atom is -0.495 e. The first kappa shape index (κ1) is 20.8. The molecular formula is C23H29ClN2O2S. The van der Waals surface area contributed by atoms with E-state index in [0.29, 0.717) is 16.8 Å². The molecule has 1 amide bonds. The van der Waals surface area contributed by atoms with E-state index >= 15 is 0 Å². The highest BCUT2D eigenvalue weighted by Crippen LogP contribution is 2.39. The fraction of sp³-hybridized carbons (Fsp3) is 0.565. The summed E-state index contributed by atoms with van der Waals surface area (Å²) in [5.74, 6) is 0.742. The first-order chi connectivity index (χ1) is 14.2. The second-order valence-corrected chi connectivity index (χ2v) is 9.59. The highest BCUT2D eigenvalue weighted by molar-refractivity contribution is 8.18. The number of amidine groups is 1. The zero-order valence-corrected chi connectivity index (χ0v) is 18.6. The average Bonchev–Trinajstić information content (AvgIpc) is 3.04. The maximum atomic E-state index is 13.4. The third-order valence-corrected chi connectivity index (χ3v) is 7.41. The number of rotatable bonds is 4. The lowest BCUT2D eigenvalue weighted by Gasteiger charge is -2.31. The summed E-state index contributed by atoms with van der Waals surface area (Å²) in [5.41, 5.74) is 0.911. The molecule has 0 spiro atoms. The van der Waals surface area contributed by atoms with E-state index in [-0.39, 0.29) is 11.9 Å². The van der Waals surface area contributed by atoms with Gasteiger partial charge in [-0.2, -0.15) is 0 Å². The SMILES string of the molecule is COc1ccc(C=C2SC(=NC3CCCCC3)N(C3CCCCC3)C2=O)cc1Cl. The van der Waals surface area contributed by atoms with E-state index in [1.165, 1.54) is 50.3 Å². The Morgan fingerprint density at radius 3 is 2.45 bits per heavy atom. The molecule has 156 valence electrons. The summed E-state index contributed by atoms with van der Waals surface area (Å²) in [6, 6.07) is 6.28. The Morgan fingerprint density at radius 2 is 1.79 bits per heavy atom. The Kier molecular flexibility index (Phi) is 6.86. The molecule has 0 bridgehead atoms. The molecule has 0 atom stereocenters. The van der Waals surface area contributed by atoms with Crippen LogP contribution in [-0.4, -0.2) is 35.2 Å². The van der Waals surface area contributed by atoms with E-state index in [1.807, 2.05) is 29.2 Å². The van der Waals surface area contributed by atoms with Crippen LogP contribution in [0, 0.1) is 0 Å². The molecule has 2 saturated carbocycles. The van der Waals surface area contributed by atoms with Crippen molar-refractivity contribution in [1.29, 1.82) is 0 Å². The summed E-state index contributed by atoms with van der Waals surface area (Å²) in [4.78, 5) is 21.2. The van der Waals surface area contributed by atoms with Crippen molar-refractivity contribution < 1.29 is 9.53 Å². The molecular weight excluding hydrogens is 404 g/mol. The normalized spacial score (nSPS) is 24.6. The van der Waals surface area contributed by atoms with Gasteiger partial charge in [-0.1, -0.05) is 56.2 Å². The molecule has 1 aromatic rings. The van der Waals surface area contributed by atoms with Crippen LogP contribution in [0.1, 0.15) is 69.8 Å². The summed E-state index contributed by atoms with van der Waals surface area (Å²) in [6.45, 7) is 0. The van der Waals surface area contributed by atoms with Crippen molar-refractivity contribution in [2.75, 3.05) is 7.11 Å². The average molecular weight is 433 g/mol. The summed E-state index contributed by atoms with van der Waals surface area (Å²) in [6.07, 6.45) is 13.9.